The molecule has 1 saturated heterocycles. The zero-order valence-corrected chi connectivity index (χ0v) is 14.8. The number of H-pyrrole nitrogens is 1. The van der Waals surface area contributed by atoms with Crippen molar-refractivity contribution in [1.82, 2.24) is 25.5 Å². The van der Waals surface area contributed by atoms with Gasteiger partial charge in [0.15, 0.2) is 5.82 Å². The van der Waals surface area contributed by atoms with E-state index >= 15 is 0 Å². The Hall–Kier alpha value is -3.62. The molecule has 1 atom stereocenters. The number of halogens is 1. The van der Waals surface area contributed by atoms with Crippen LogP contribution in [0.1, 0.15) is 12.2 Å². The van der Waals surface area contributed by atoms with E-state index in [1.54, 1.807) is 30.6 Å². The third-order valence-corrected chi connectivity index (χ3v) is 4.52. The predicted octanol–water partition coefficient (Wildman–Crippen LogP) is 1.68. The minimum Gasteiger partial charge on any atom is -0.349 e. The smallest absolute Gasteiger partial charge is 0.227 e. The minimum absolute atomic E-state index is 0.0843. The summed E-state index contributed by atoms with van der Waals surface area (Å²) < 4.78 is 13.4. The molecule has 2 aromatic heterocycles. The summed E-state index contributed by atoms with van der Waals surface area (Å²) in [5.41, 5.74) is 1.27. The Morgan fingerprint density at radius 3 is 2.89 bits per heavy atom. The van der Waals surface area contributed by atoms with Crippen LogP contribution in [0.4, 0.5) is 10.1 Å². The van der Waals surface area contributed by atoms with E-state index in [-0.39, 0.29) is 31.3 Å². The summed E-state index contributed by atoms with van der Waals surface area (Å²) in [6.45, 7) is 0.383. The second-order valence-electron chi connectivity index (χ2n) is 6.44. The lowest BCUT2D eigenvalue weighted by atomic mass is 10.1. The molecule has 8 nitrogen and oxygen atoms in total. The number of nitrogens with one attached hydrogen (secondary N) is 2. The van der Waals surface area contributed by atoms with Crippen LogP contribution in [0.25, 0.3) is 11.4 Å². The summed E-state index contributed by atoms with van der Waals surface area (Å²) in [7, 11) is 0. The van der Waals surface area contributed by atoms with Crippen molar-refractivity contribution >= 4 is 17.5 Å². The normalized spacial score (nSPS) is 16.4. The first-order valence-corrected chi connectivity index (χ1v) is 8.75. The maximum Gasteiger partial charge on any atom is 0.227 e. The van der Waals surface area contributed by atoms with Crippen LogP contribution in [0, 0.1) is 11.7 Å². The van der Waals surface area contributed by atoms with Gasteiger partial charge in [0.25, 0.3) is 0 Å². The largest absolute Gasteiger partial charge is 0.349 e. The van der Waals surface area contributed by atoms with Gasteiger partial charge in [0.2, 0.25) is 11.8 Å². The van der Waals surface area contributed by atoms with Crippen LogP contribution in [0.3, 0.4) is 0 Å². The summed E-state index contributed by atoms with van der Waals surface area (Å²) in [6.07, 6.45) is 3.38. The van der Waals surface area contributed by atoms with Crippen LogP contribution < -0.4 is 10.2 Å². The molecule has 4 rings (SSSR count). The third kappa shape index (κ3) is 3.73. The van der Waals surface area contributed by atoms with Crippen molar-refractivity contribution in [2.45, 2.75) is 13.0 Å². The maximum atomic E-state index is 13.4. The highest BCUT2D eigenvalue weighted by Gasteiger charge is 2.35. The fraction of sp³-hybridized carbons (Fsp3) is 0.211. The molecular weight excluding hydrogens is 363 g/mol. The number of benzene rings is 1. The zero-order chi connectivity index (χ0) is 19.5. The number of anilines is 1. The van der Waals surface area contributed by atoms with E-state index in [4.69, 9.17) is 0 Å². The number of amides is 2. The van der Waals surface area contributed by atoms with Crippen LogP contribution >= 0.6 is 0 Å². The van der Waals surface area contributed by atoms with Crippen molar-refractivity contribution in [2.24, 2.45) is 5.92 Å². The molecule has 3 aromatic rings. The number of pyridine rings is 1. The number of nitrogens with zero attached hydrogens (tertiary/aromatic N) is 4. The van der Waals surface area contributed by atoms with Gasteiger partial charge in [0, 0.05) is 36.6 Å². The Morgan fingerprint density at radius 1 is 1.29 bits per heavy atom. The number of aromatic amines is 1. The lowest BCUT2D eigenvalue weighted by Gasteiger charge is -2.16. The molecule has 1 aliphatic rings. The summed E-state index contributed by atoms with van der Waals surface area (Å²) in [5.74, 6) is -0.363. The molecule has 0 bridgehead atoms. The molecule has 0 spiro atoms. The van der Waals surface area contributed by atoms with Crippen molar-refractivity contribution in [3.8, 4) is 11.4 Å². The molecule has 9 heteroatoms. The van der Waals surface area contributed by atoms with Gasteiger partial charge in [-0.25, -0.2) is 9.37 Å². The van der Waals surface area contributed by atoms with Gasteiger partial charge in [-0.15, -0.1) is 0 Å². The lowest BCUT2D eigenvalue weighted by molar-refractivity contribution is -0.126. The second-order valence-corrected chi connectivity index (χ2v) is 6.44. The highest BCUT2D eigenvalue weighted by molar-refractivity contribution is 6.00. The van der Waals surface area contributed by atoms with E-state index in [1.807, 2.05) is 0 Å². The van der Waals surface area contributed by atoms with Crippen LogP contribution in [0.5, 0.6) is 0 Å². The fourth-order valence-corrected chi connectivity index (χ4v) is 3.10. The van der Waals surface area contributed by atoms with Gasteiger partial charge >= 0.3 is 0 Å². The summed E-state index contributed by atoms with van der Waals surface area (Å²) in [4.78, 5) is 34.4. The quantitative estimate of drug-likeness (QED) is 0.701. The van der Waals surface area contributed by atoms with Crippen LogP contribution in [0.2, 0.25) is 0 Å². The van der Waals surface area contributed by atoms with E-state index < -0.39 is 11.7 Å². The van der Waals surface area contributed by atoms with Gasteiger partial charge in [0.05, 0.1) is 12.5 Å². The molecule has 1 fully saturated rings. The van der Waals surface area contributed by atoms with E-state index in [2.05, 4.69) is 25.5 Å². The van der Waals surface area contributed by atoms with Gasteiger partial charge in [-0.05, 0) is 30.3 Å². The minimum atomic E-state index is -0.502. The monoisotopic (exact) mass is 380 g/mol. The molecule has 0 aliphatic carbocycles. The second kappa shape index (κ2) is 7.55. The first-order chi connectivity index (χ1) is 13.6. The predicted molar refractivity (Wildman–Crippen MR) is 98.3 cm³/mol. The molecule has 0 saturated carbocycles. The maximum absolute atomic E-state index is 13.4. The fourth-order valence-electron chi connectivity index (χ4n) is 3.10. The number of hydrogen-bond donors (Lipinski definition) is 2. The lowest BCUT2D eigenvalue weighted by Crippen LogP contribution is -2.32. The standard InChI is InChI=1S/C19H17FN6O2/c20-14-2-1-3-15(9-14)26-11-13(8-17(26)27)19(28)22-10-16-23-18(25-24-16)12-4-6-21-7-5-12/h1-7,9,13H,8,10-11H2,(H,22,28)(H,23,24,25)/t13-/m0/s1. The highest BCUT2D eigenvalue weighted by atomic mass is 19.1. The molecule has 2 N–H and O–H groups in total. The summed E-state index contributed by atoms with van der Waals surface area (Å²) in [5, 5.41) is 9.68. The van der Waals surface area contributed by atoms with Crippen LogP contribution in [0.15, 0.2) is 48.8 Å². The van der Waals surface area contributed by atoms with Crippen LogP contribution in [-0.4, -0.2) is 38.5 Å². The Bertz CT molecular complexity index is 1010. The molecule has 142 valence electrons. The first-order valence-electron chi connectivity index (χ1n) is 8.75. The van der Waals surface area contributed by atoms with E-state index in [1.165, 1.54) is 23.1 Å². The molecule has 1 aromatic carbocycles. The van der Waals surface area contributed by atoms with E-state index in [9.17, 15) is 14.0 Å². The Kier molecular flexibility index (Phi) is 4.79. The van der Waals surface area contributed by atoms with Gasteiger partial charge < -0.3 is 10.2 Å². The molecule has 0 radical (unpaired) electrons. The van der Waals surface area contributed by atoms with Crippen molar-refractivity contribution in [3.63, 3.8) is 0 Å². The Morgan fingerprint density at radius 2 is 2.11 bits per heavy atom. The number of rotatable bonds is 5. The SMILES string of the molecule is O=C(NCc1nc(-c2ccncc2)n[nH]1)[C@H]1CC(=O)N(c2cccc(F)c2)C1. The summed E-state index contributed by atoms with van der Waals surface area (Å²) in [6, 6.07) is 9.36. The van der Waals surface area contributed by atoms with Gasteiger partial charge in [-0.1, -0.05) is 6.07 Å². The number of hydrogen-bond acceptors (Lipinski definition) is 5. The number of aromatic nitrogens is 4. The van der Waals surface area contributed by atoms with Gasteiger partial charge in [-0.2, -0.15) is 5.10 Å². The van der Waals surface area contributed by atoms with E-state index in [0.29, 0.717) is 17.3 Å². The molecule has 3 heterocycles. The first kappa shape index (κ1) is 17.8. The van der Waals surface area contributed by atoms with Gasteiger partial charge in [0.1, 0.15) is 11.6 Å². The molecule has 1 aliphatic heterocycles. The number of carbonyl (C=O) groups is 2. The topological polar surface area (TPSA) is 104 Å². The van der Waals surface area contributed by atoms with Gasteiger partial charge in [-0.3, -0.25) is 19.7 Å². The van der Waals surface area contributed by atoms with Crippen molar-refractivity contribution in [3.05, 3.63) is 60.4 Å². The van der Waals surface area contributed by atoms with Crippen molar-refractivity contribution < 1.29 is 14.0 Å². The molecule has 0 unspecified atom stereocenters. The molecule has 2 amide bonds. The zero-order valence-electron chi connectivity index (χ0n) is 14.8. The van der Waals surface area contributed by atoms with Crippen molar-refractivity contribution in [2.75, 3.05) is 11.4 Å². The van der Waals surface area contributed by atoms with Crippen molar-refractivity contribution in [1.29, 1.82) is 0 Å². The molecule has 28 heavy (non-hydrogen) atoms. The average molecular weight is 380 g/mol. The van der Waals surface area contributed by atoms with E-state index in [0.717, 1.165) is 5.56 Å². The Balaban J connectivity index is 1.36. The van der Waals surface area contributed by atoms with Crippen LogP contribution in [-0.2, 0) is 16.1 Å². The average Bonchev–Trinajstić information content (AvgIpc) is 3.34. The summed E-state index contributed by atoms with van der Waals surface area (Å²) >= 11 is 0. The highest BCUT2D eigenvalue weighted by Crippen LogP contribution is 2.25. The number of carbonyl (C=O) groups excluding carboxylic acids is 2. The Labute approximate surface area is 159 Å². The third-order valence-electron chi connectivity index (χ3n) is 4.52. The molecular formula is C19H17FN6O2.